The number of ether oxygens (including phenoxy) is 2. The van der Waals surface area contributed by atoms with Crippen molar-refractivity contribution in [1.82, 2.24) is 15.0 Å². The van der Waals surface area contributed by atoms with Crippen LogP contribution in [0.3, 0.4) is 0 Å². The van der Waals surface area contributed by atoms with E-state index in [9.17, 15) is 13.2 Å². The summed E-state index contributed by atoms with van der Waals surface area (Å²) < 4.78 is 46.4. The van der Waals surface area contributed by atoms with Crippen LogP contribution < -0.4 is 10.2 Å². The number of benzene rings is 1. The molecule has 1 atom stereocenters. The smallest absolute Gasteiger partial charge is 0.406 e. The lowest BCUT2D eigenvalue weighted by molar-refractivity contribution is -0.274. The molecule has 0 aliphatic heterocycles. The fraction of sp³-hybridized carbons (Fsp3) is 0.250. The molecule has 0 saturated carbocycles. The second kappa shape index (κ2) is 6.75. The first-order valence-corrected chi connectivity index (χ1v) is 7.65. The zero-order chi connectivity index (χ0) is 18.0. The summed E-state index contributed by atoms with van der Waals surface area (Å²) >= 11 is 0. The lowest BCUT2D eigenvalue weighted by atomic mass is 9.99. The van der Waals surface area contributed by atoms with E-state index in [1.807, 2.05) is 20.8 Å². The van der Waals surface area contributed by atoms with E-state index in [0.29, 0.717) is 29.2 Å². The normalized spacial score (nSPS) is 13.1. The summed E-state index contributed by atoms with van der Waals surface area (Å²) in [6.07, 6.45) is -3.54. The lowest BCUT2D eigenvalue weighted by Crippen LogP contribution is -2.17. The summed E-state index contributed by atoms with van der Waals surface area (Å²) in [7, 11) is 1.92. The van der Waals surface area contributed by atoms with Gasteiger partial charge in [-0.1, -0.05) is 17.6 Å². The predicted molar refractivity (Wildman–Crippen MR) is 88.7 cm³/mol. The van der Waals surface area contributed by atoms with Crippen molar-refractivity contribution in [1.29, 1.82) is 0 Å². The monoisotopic (exact) mass is 349 g/mol. The Bertz CT molecular complexity index is 865. The third-order valence-electron chi connectivity index (χ3n) is 3.49. The first kappa shape index (κ1) is 17.3. The van der Waals surface area contributed by atoms with Crippen molar-refractivity contribution in [3.63, 3.8) is 0 Å². The summed E-state index contributed by atoms with van der Waals surface area (Å²) in [6, 6.07) is 7.44. The van der Waals surface area contributed by atoms with E-state index in [4.69, 9.17) is 4.74 Å². The number of nitrogens with zero attached hydrogens (tertiary/aromatic N) is 2. The Morgan fingerprint density at radius 2 is 1.96 bits per heavy atom. The van der Waals surface area contributed by atoms with Gasteiger partial charge in [-0.3, -0.25) is 0 Å². The lowest BCUT2D eigenvalue weighted by Gasteiger charge is -2.16. The highest BCUT2D eigenvalue weighted by Gasteiger charge is 2.31. The summed E-state index contributed by atoms with van der Waals surface area (Å²) in [6.45, 7) is 2.24. The molecule has 0 fully saturated rings. The van der Waals surface area contributed by atoms with Gasteiger partial charge in [0.2, 0.25) is 0 Å². The predicted octanol–water partition coefficient (Wildman–Crippen LogP) is 2.24. The molecule has 1 unspecified atom stereocenters. The average molecular weight is 349 g/mol. The Labute approximate surface area is 142 Å². The largest absolute Gasteiger partial charge is 0.573 e. The minimum Gasteiger partial charge on any atom is -0.406 e. The van der Waals surface area contributed by atoms with Crippen LogP contribution in [0.15, 0.2) is 36.5 Å². The Morgan fingerprint density at radius 1 is 1.24 bits per heavy atom. The van der Waals surface area contributed by atoms with Gasteiger partial charge in [0.1, 0.15) is 31.0 Å². The number of pyridine rings is 1. The minimum absolute atomic E-state index is 0.284. The number of alkyl halides is 3. The van der Waals surface area contributed by atoms with Gasteiger partial charge in [-0.05, 0) is 30.7 Å². The summed E-state index contributed by atoms with van der Waals surface area (Å²) in [5, 5.41) is 0. The standard InChI is InChI=1S/C16H15BF3N3O2/c1-2-24-13(9-3-5-11(6-4-9)25-16(18,19)20)15-22-12-7-10(17)8-21-14(12)23-15/h3-8,13H,2,17H2,1H3,(H,21,22,23). The van der Waals surface area contributed by atoms with Crippen molar-refractivity contribution in [2.24, 2.45) is 0 Å². The second-order valence-corrected chi connectivity index (χ2v) is 5.45. The van der Waals surface area contributed by atoms with Gasteiger partial charge in [0.25, 0.3) is 0 Å². The van der Waals surface area contributed by atoms with Gasteiger partial charge < -0.3 is 14.5 Å². The first-order valence-electron chi connectivity index (χ1n) is 7.65. The molecule has 9 heteroatoms. The Balaban J connectivity index is 1.91. The quantitative estimate of drug-likeness (QED) is 0.718. The number of aromatic nitrogens is 3. The van der Waals surface area contributed by atoms with Gasteiger partial charge in [0.15, 0.2) is 5.65 Å². The maximum absolute atomic E-state index is 12.3. The fourth-order valence-corrected chi connectivity index (χ4v) is 2.48. The third kappa shape index (κ3) is 4.11. The van der Waals surface area contributed by atoms with Crippen LogP contribution in [-0.4, -0.2) is 35.8 Å². The van der Waals surface area contributed by atoms with Crippen LogP contribution in [0.1, 0.15) is 24.4 Å². The molecule has 0 saturated heterocycles. The van der Waals surface area contributed by atoms with E-state index in [1.165, 1.54) is 24.3 Å². The van der Waals surface area contributed by atoms with Crippen molar-refractivity contribution >= 4 is 24.5 Å². The van der Waals surface area contributed by atoms with Crippen molar-refractivity contribution < 1.29 is 22.6 Å². The summed E-state index contributed by atoms with van der Waals surface area (Å²) in [5.41, 5.74) is 2.97. The van der Waals surface area contributed by atoms with Gasteiger partial charge in [-0.25, -0.2) is 9.97 Å². The topological polar surface area (TPSA) is 60.0 Å². The minimum atomic E-state index is -4.72. The van der Waals surface area contributed by atoms with Gasteiger partial charge in [0, 0.05) is 12.8 Å². The highest BCUT2D eigenvalue weighted by molar-refractivity contribution is 6.32. The van der Waals surface area contributed by atoms with Crippen LogP contribution in [-0.2, 0) is 4.74 Å². The molecular weight excluding hydrogens is 334 g/mol. The van der Waals surface area contributed by atoms with Crippen LogP contribution in [0.25, 0.3) is 11.2 Å². The number of hydrogen-bond donors (Lipinski definition) is 1. The van der Waals surface area contributed by atoms with Crippen LogP contribution >= 0.6 is 0 Å². The molecular formula is C16H15BF3N3O2. The number of aromatic amines is 1. The molecule has 2 aromatic heterocycles. The zero-order valence-corrected chi connectivity index (χ0v) is 13.6. The number of fused-ring (bicyclic) bond motifs is 1. The van der Waals surface area contributed by atoms with E-state index < -0.39 is 12.5 Å². The highest BCUT2D eigenvalue weighted by Crippen LogP contribution is 2.28. The Kier molecular flexibility index (Phi) is 4.67. The summed E-state index contributed by atoms with van der Waals surface area (Å²) in [5.74, 6) is 0.257. The molecule has 3 rings (SSSR count). The number of hydrogen-bond acceptors (Lipinski definition) is 4. The first-order chi connectivity index (χ1) is 11.9. The number of nitrogens with one attached hydrogen (secondary N) is 1. The molecule has 0 aliphatic carbocycles. The van der Waals surface area contributed by atoms with E-state index >= 15 is 0 Å². The average Bonchev–Trinajstić information content (AvgIpc) is 2.94. The van der Waals surface area contributed by atoms with E-state index in [1.54, 1.807) is 6.20 Å². The number of rotatable bonds is 5. The van der Waals surface area contributed by atoms with Crippen molar-refractivity contribution in [2.75, 3.05) is 6.61 Å². The Hall–Kier alpha value is -2.55. The number of H-pyrrole nitrogens is 1. The maximum Gasteiger partial charge on any atom is 0.573 e. The van der Waals surface area contributed by atoms with E-state index in [0.717, 1.165) is 5.46 Å². The number of halogens is 3. The van der Waals surface area contributed by atoms with Crippen LogP contribution in [0.4, 0.5) is 13.2 Å². The van der Waals surface area contributed by atoms with Crippen LogP contribution in [0, 0.1) is 0 Å². The van der Waals surface area contributed by atoms with Crippen molar-refractivity contribution in [3.8, 4) is 5.75 Å². The molecule has 0 aliphatic rings. The fourth-order valence-electron chi connectivity index (χ4n) is 2.48. The van der Waals surface area contributed by atoms with Crippen LogP contribution in [0.5, 0.6) is 5.75 Å². The summed E-state index contributed by atoms with van der Waals surface area (Å²) in [4.78, 5) is 11.9. The molecule has 0 bridgehead atoms. The van der Waals surface area contributed by atoms with Gasteiger partial charge in [-0.2, -0.15) is 0 Å². The molecule has 2 heterocycles. The third-order valence-corrected chi connectivity index (χ3v) is 3.49. The van der Waals surface area contributed by atoms with Crippen molar-refractivity contribution in [3.05, 3.63) is 47.9 Å². The van der Waals surface area contributed by atoms with E-state index in [2.05, 4.69) is 19.7 Å². The molecule has 1 aromatic carbocycles. The highest BCUT2D eigenvalue weighted by atomic mass is 19.4. The SMILES string of the molecule is Bc1cnc2[nH]c(C(OCC)c3ccc(OC(F)(F)F)cc3)nc2c1. The zero-order valence-electron chi connectivity index (χ0n) is 13.6. The molecule has 25 heavy (non-hydrogen) atoms. The second-order valence-electron chi connectivity index (χ2n) is 5.45. The van der Waals surface area contributed by atoms with Crippen LogP contribution in [0.2, 0.25) is 0 Å². The molecule has 0 radical (unpaired) electrons. The van der Waals surface area contributed by atoms with Gasteiger partial charge >= 0.3 is 6.36 Å². The molecule has 5 nitrogen and oxygen atoms in total. The maximum atomic E-state index is 12.3. The van der Waals surface area contributed by atoms with Gasteiger partial charge in [0.05, 0.1) is 0 Å². The van der Waals surface area contributed by atoms with Crippen molar-refractivity contribution in [2.45, 2.75) is 19.4 Å². The molecule has 0 spiro atoms. The number of imidazole rings is 1. The van der Waals surface area contributed by atoms with E-state index in [-0.39, 0.29) is 5.75 Å². The Morgan fingerprint density at radius 3 is 2.60 bits per heavy atom. The molecule has 3 aromatic rings. The van der Waals surface area contributed by atoms with Gasteiger partial charge in [-0.15, -0.1) is 13.2 Å². The molecule has 1 N–H and O–H groups in total. The molecule has 0 amide bonds. The molecule has 130 valence electrons.